The molecule has 1 N–H and O–H groups in total. The van der Waals surface area contributed by atoms with Crippen LogP contribution < -0.4 is 9.47 Å². The van der Waals surface area contributed by atoms with E-state index < -0.39 is 0 Å². The molecule has 2 aromatic carbocycles. The molecule has 22 heavy (non-hydrogen) atoms. The van der Waals surface area contributed by atoms with Crippen LogP contribution in [0.4, 0.5) is 0 Å². The number of aryl methyl sites for hydroxylation is 1. The Morgan fingerprint density at radius 2 is 1.68 bits per heavy atom. The number of benzene rings is 2. The lowest BCUT2D eigenvalue weighted by Gasteiger charge is -2.08. The zero-order valence-corrected chi connectivity index (χ0v) is 12.8. The molecule has 0 heterocycles. The standard InChI is InChI=1S/C18H18O4/c1-12-10-15(22-3)11-17(20)18(12)16(19)9-6-13-4-7-14(21-2)8-5-13/h4-11,20H,1-3H3/b9-6+. The van der Waals surface area contributed by atoms with Gasteiger partial charge in [0.25, 0.3) is 0 Å². The number of carbonyl (C=O) groups excluding carboxylic acids is 1. The average Bonchev–Trinajstić information content (AvgIpc) is 2.52. The summed E-state index contributed by atoms with van der Waals surface area (Å²) in [5.74, 6) is 0.938. The van der Waals surface area contributed by atoms with E-state index in [-0.39, 0.29) is 17.1 Å². The van der Waals surface area contributed by atoms with Crippen LogP contribution in [0.2, 0.25) is 0 Å². The largest absolute Gasteiger partial charge is 0.507 e. The summed E-state index contributed by atoms with van der Waals surface area (Å²) in [5, 5.41) is 9.99. The topological polar surface area (TPSA) is 55.8 Å². The molecule has 0 fully saturated rings. The smallest absolute Gasteiger partial charge is 0.189 e. The molecule has 0 aliphatic carbocycles. The maximum absolute atomic E-state index is 12.3. The Hall–Kier alpha value is -2.75. The van der Waals surface area contributed by atoms with Gasteiger partial charge in [-0.25, -0.2) is 0 Å². The van der Waals surface area contributed by atoms with Gasteiger partial charge in [-0.15, -0.1) is 0 Å². The van der Waals surface area contributed by atoms with Crippen molar-refractivity contribution in [2.24, 2.45) is 0 Å². The van der Waals surface area contributed by atoms with E-state index in [0.717, 1.165) is 11.3 Å². The first kappa shape index (κ1) is 15.6. The molecule has 0 radical (unpaired) electrons. The molecule has 0 saturated carbocycles. The number of aromatic hydroxyl groups is 1. The maximum atomic E-state index is 12.3. The summed E-state index contributed by atoms with van der Waals surface area (Å²) in [6, 6.07) is 10.5. The Labute approximate surface area is 129 Å². The van der Waals surface area contributed by atoms with E-state index in [4.69, 9.17) is 9.47 Å². The van der Waals surface area contributed by atoms with Gasteiger partial charge in [0.2, 0.25) is 0 Å². The maximum Gasteiger partial charge on any atom is 0.189 e. The molecule has 0 spiro atoms. The number of allylic oxidation sites excluding steroid dienone is 1. The van der Waals surface area contributed by atoms with Crippen molar-refractivity contribution < 1.29 is 19.4 Å². The van der Waals surface area contributed by atoms with Crippen LogP contribution in [0.25, 0.3) is 6.08 Å². The van der Waals surface area contributed by atoms with E-state index in [0.29, 0.717) is 11.3 Å². The monoisotopic (exact) mass is 298 g/mol. The highest BCUT2D eigenvalue weighted by molar-refractivity contribution is 6.09. The highest BCUT2D eigenvalue weighted by Crippen LogP contribution is 2.28. The van der Waals surface area contributed by atoms with Crippen LogP contribution in [0.5, 0.6) is 17.2 Å². The first-order valence-electron chi connectivity index (χ1n) is 6.79. The molecule has 0 aliphatic rings. The molecule has 114 valence electrons. The number of carbonyl (C=O) groups is 1. The van der Waals surface area contributed by atoms with Gasteiger partial charge in [-0.3, -0.25) is 4.79 Å². The molecule has 0 atom stereocenters. The van der Waals surface area contributed by atoms with Gasteiger partial charge in [0, 0.05) is 6.07 Å². The Balaban J connectivity index is 2.23. The third-order valence-electron chi connectivity index (χ3n) is 3.31. The molecular weight excluding hydrogens is 280 g/mol. The van der Waals surface area contributed by atoms with Crippen molar-refractivity contribution in [2.75, 3.05) is 14.2 Å². The van der Waals surface area contributed by atoms with Gasteiger partial charge < -0.3 is 14.6 Å². The number of ether oxygens (including phenoxy) is 2. The first-order chi connectivity index (χ1) is 10.5. The highest BCUT2D eigenvalue weighted by atomic mass is 16.5. The van der Waals surface area contributed by atoms with Crippen molar-refractivity contribution in [3.8, 4) is 17.2 Å². The number of ketones is 1. The second-order valence-corrected chi connectivity index (χ2v) is 4.81. The predicted octanol–water partition coefficient (Wildman–Crippen LogP) is 3.61. The Bertz CT molecular complexity index is 677. The number of methoxy groups -OCH3 is 2. The van der Waals surface area contributed by atoms with Crippen LogP contribution in [0.3, 0.4) is 0 Å². The van der Waals surface area contributed by atoms with Crippen LogP contribution in [-0.4, -0.2) is 25.1 Å². The molecule has 0 bridgehead atoms. The number of hydrogen-bond donors (Lipinski definition) is 1. The average molecular weight is 298 g/mol. The number of rotatable bonds is 5. The molecule has 0 saturated heterocycles. The molecule has 4 nitrogen and oxygen atoms in total. The summed E-state index contributed by atoms with van der Waals surface area (Å²) >= 11 is 0. The van der Waals surface area contributed by atoms with Gasteiger partial charge in [-0.05, 0) is 42.3 Å². The number of phenolic OH excluding ortho intramolecular Hbond substituents is 1. The van der Waals surface area contributed by atoms with Crippen LogP contribution >= 0.6 is 0 Å². The summed E-state index contributed by atoms with van der Waals surface area (Å²) in [5.41, 5.74) is 1.83. The second-order valence-electron chi connectivity index (χ2n) is 4.81. The minimum absolute atomic E-state index is 0.0822. The van der Waals surface area contributed by atoms with E-state index in [2.05, 4.69) is 0 Å². The lowest BCUT2D eigenvalue weighted by atomic mass is 10.0. The fraction of sp³-hybridized carbons (Fsp3) is 0.167. The van der Waals surface area contributed by atoms with Crippen molar-refractivity contribution in [2.45, 2.75) is 6.92 Å². The van der Waals surface area contributed by atoms with Crippen LogP contribution in [0.15, 0.2) is 42.5 Å². The SMILES string of the molecule is COc1ccc(/C=C/C(=O)c2c(C)cc(OC)cc2O)cc1. The van der Waals surface area contributed by atoms with Crippen molar-refractivity contribution in [1.82, 2.24) is 0 Å². The normalized spacial score (nSPS) is 10.7. The Morgan fingerprint density at radius 1 is 1.05 bits per heavy atom. The van der Waals surface area contributed by atoms with E-state index in [9.17, 15) is 9.90 Å². The van der Waals surface area contributed by atoms with Gasteiger partial charge in [0.15, 0.2) is 5.78 Å². The quantitative estimate of drug-likeness (QED) is 0.676. The van der Waals surface area contributed by atoms with E-state index in [1.807, 2.05) is 24.3 Å². The highest BCUT2D eigenvalue weighted by Gasteiger charge is 2.13. The van der Waals surface area contributed by atoms with Crippen molar-refractivity contribution in [3.63, 3.8) is 0 Å². The zero-order chi connectivity index (χ0) is 16.1. The van der Waals surface area contributed by atoms with Gasteiger partial charge in [-0.2, -0.15) is 0 Å². The molecule has 4 heteroatoms. The summed E-state index contributed by atoms with van der Waals surface area (Å²) in [6.45, 7) is 1.76. The fourth-order valence-corrected chi connectivity index (χ4v) is 2.14. The van der Waals surface area contributed by atoms with E-state index >= 15 is 0 Å². The lowest BCUT2D eigenvalue weighted by molar-refractivity contribution is 0.104. The van der Waals surface area contributed by atoms with Crippen LogP contribution in [0, 0.1) is 6.92 Å². The minimum atomic E-state index is -0.256. The van der Waals surface area contributed by atoms with E-state index in [1.165, 1.54) is 19.3 Å². The fourth-order valence-electron chi connectivity index (χ4n) is 2.14. The molecule has 0 aliphatic heterocycles. The molecule has 2 aromatic rings. The van der Waals surface area contributed by atoms with Crippen molar-refractivity contribution >= 4 is 11.9 Å². The minimum Gasteiger partial charge on any atom is -0.507 e. The molecule has 0 amide bonds. The zero-order valence-electron chi connectivity index (χ0n) is 12.8. The molecule has 0 unspecified atom stereocenters. The third-order valence-corrected chi connectivity index (χ3v) is 3.31. The Morgan fingerprint density at radius 3 is 2.23 bits per heavy atom. The van der Waals surface area contributed by atoms with Crippen LogP contribution in [0.1, 0.15) is 21.5 Å². The van der Waals surface area contributed by atoms with E-state index in [1.54, 1.807) is 26.2 Å². The second kappa shape index (κ2) is 6.80. The molecule has 0 aromatic heterocycles. The van der Waals surface area contributed by atoms with Gasteiger partial charge in [-0.1, -0.05) is 18.2 Å². The lowest BCUT2D eigenvalue weighted by Crippen LogP contribution is -1.99. The first-order valence-corrected chi connectivity index (χ1v) is 6.79. The van der Waals surface area contributed by atoms with Crippen molar-refractivity contribution in [1.29, 1.82) is 0 Å². The van der Waals surface area contributed by atoms with Crippen LogP contribution in [-0.2, 0) is 0 Å². The molecule has 2 rings (SSSR count). The molecular formula is C18H18O4. The Kier molecular flexibility index (Phi) is 4.84. The summed E-state index contributed by atoms with van der Waals surface area (Å²) in [6.07, 6.45) is 3.14. The van der Waals surface area contributed by atoms with Gasteiger partial charge in [0.1, 0.15) is 17.2 Å². The number of hydrogen-bond acceptors (Lipinski definition) is 4. The summed E-state index contributed by atoms with van der Waals surface area (Å²) < 4.78 is 10.1. The van der Waals surface area contributed by atoms with Gasteiger partial charge >= 0.3 is 0 Å². The third kappa shape index (κ3) is 3.47. The van der Waals surface area contributed by atoms with Gasteiger partial charge in [0.05, 0.1) is 19.8 Å². The van der Waals surface area contributed by atoms with Crippen molar-refractivity contribution in [3.05, 3.63) is 59.2 Å². The predicted molar refractivity (Wildman–Crippen MR) is 85.8 cm³/mol. The number of phenols is 1. The summed E-state index contributed by atoms with van der Waals surface area (Å²) in [4.78, 5) is 12.3. The summed E-state index contributed by atoms with van der Waals surface area (Å²) in [7, 11) is 3.11.